The Balaban J connectivity index is 1.75. The zero-order valence-corrected chi connectivity index (χ0v) is 14.8. The van der Waals surface area contributed by atoms with Gasteiger partial charge in [-0.3, -0.25) is 0 Å². The summed E-state index contributed by atoms with van der Waals surface area (Å²) >= 11 is 0. The number of urea groups is 1. The number of hydrogen-bond acceptors (Lipinski definition) is 3. The number of nitrogens with one attached hydrogen (secondary N) is 2. The van der Waals surface area contributed by atoms with Crippen molar-refractivity contribution in [3.8, 4) is 0 Å². The first-order valence-electron chi connectivity index (χ1n) is 8.76. The summed E-state index contributed by atoms with van der Waals surface area (Å²) in [6.45, 7) is 1.88. The molecule has 0 aromatic rings. The minimum atomic E-state index is 0.0226. The van der Waals surface area contributed by atoms with E-state index in [9.17, 15) is 4.79 Å². The minimum Gasteiger partial charge on any atom is -0.338 e. The van der Waals surface area contributed by atoms with E-state index in [2.05, 4.69) is 48.6 Å². The maximum absolute atomic E-state index is 12.2. The molecule has 2 fully saturated rings. The first-order chi connectivity index (χ1) is 10.4. The van der Waals surface area contributed by atoms with Gasteiger partial charge in [0, 0.05) is 30.6 Å². The molecule has 0 aromatic carbocycles. The Hall–Kier alpha value is -0.810. The molecule has 2 rings (SSSR count). The van der Waals surface area contributed by atoms with Crippen LogP contribution in [0.4, 0.5) is 4.79 Å². The molecule has 0 spiro atoms. The minimum absolute atomic E-state index is 0.0226. The Kier molecular flexibility index (Phi) is 6.09. The van der Waals surface area contributed by atoms with Gasteiger partial charge in [-0.05, 0) is 60.3 Å². The highest BCUT2D eigenvalue weighted by molar-refractivity contribution is 5.74. The molecule has 5 nitrogen and oxygen atoms in total. The maximum atomic E-state index is 12.2. The molecule has 0 radical (unpaired) electrons. The molecule has 0 aliphatic heterocycles. The van der Waals surface area contributed by atoms with Crippen LogP contribution in [0, 0.1) is 5.41 Å². The SMILES string of the molecule is CN(C)CC1(CNC(=O)N[C@H]2CC[C@@H](N(C)C)C2)CCCC1. The lowest BCUT2D eigenvalue weighted by Gasteiger charge is -2.32. The van der Waals surface area contributed by atoms with E-state index in [0.29, 0.717) is 12.1 Å². The van der Waals surface area contributed by atoms with Crippen molar-refractivity contribution in [3.63, 3.8) is 0 Å². The van der Waals surface area contributed by atoms with E-state index < -0.39 is 0 Å². The first kappa shape index (κ1) is 17.5. The van der Waals surface area contributed by atoms with Crippen LogP contribution >= 0.6 is 0 Å². The molecule has 0 unspecified atom stereocenters. The lowest BCUT2D eigenvalue weighted by Crippen LogP contribution is -2.47. The Bertz CT molecular complexity index is 364. The van der Waals surface area contributed by atoms with Gasteiger partial charge in [0.25, 0.3) is 0 Å². The Labute approximate surface area is 135 Å². The van der Waals surface area contributed by atoms with E-state index in [1.165, 1.54) is 32.1 Å². The van der Waals surface area contributed by atoms with Crippen molar-refractivity contribution in [3.05, 3.63) is 0 Å². The second-order valence-corrected chi connectivity index (χ2v) is 7.90. The fourth-order valence-electron chi connectivity index (χ4n) is 4.25. The quantitative estimate of drug-likeness (QED) is 0.787. The van der Waals surface area contributed by atoms with Gasteiger partial charge in [-0.2, -0.15) is 0 Å². The van der Waals surface area contributed by atoms with E-state index in [0.717, 1.165) is 25.9 Å². The molecule has 2 saturated carbocycles. The number of carbonyl (C=O) groups excluding carboxylic acids is 1. The van der Waals surface area contributed by atoms with Crippen LogP contribution in [-0.2, 0) is 0 Å². The number of rotatable bonds is 6. The maximum Gasteiger partial charge on any atom is 0.315 e. The molecule has 5 heteroatoms. The van der Waals surface area contributed by atoms with Gasteiger partial charge in [0.15, 0.2) is 0 Å². The van der Waals surface area contributed by atoms with Crippen LogP contribution in [0.15, 0.2) is 0 Å². The van der Waals surface area contributed by atoms with Crippen molar-refractivity contribution in [1.82, 2.24) is 20.4 Å². The van der Waals surface area contributed by atoms with Gasteiger partial charge in [-0.15, -0.1) is 0 Å². The second kappa shape index (κ2) is 7.64. The van der Waals surface area contributed by atoms with Crippen molar-refractivity contribution in [2.75, 3.05) is 41.3 Å². The summed E-state index contributed by atoms with van der Waals surface area (Å²) in [7, 11) is 8.50. The van der Waals surface area contributed by atoms with Crippen LogP contribution < -0.4 is 10.6 Å². The molecule has 0 heterocycles. The Morgan fingerprint density at radius 3 is 2.36 bits per heavy atom. The number of carbonyl (C=O) groups is 1. The monoisotopic (exact) mass is 310 g/mol. The van der Waals surface area contributed by atoms with Crippen molar-refractivity contribution in [2.24, 2.45) is 5.41 Å². The van der Waals surface area contributed by atoms with Gasteiger partial charge in [0.05, 0.1) is 0 Å². The van der Waals surface area contributed by atoms with Gasteiger partial charge >= 0.3 is 6.03 Å². The highest BCUT2D eigenvalue weighted by atomic mass is 16.2. The van der Waals surface area contributed by atoms with Crippen LogP contribution in [0.25, 0.3) is 0 Å². The van der Waals surface area contributed by atoms with Crippen molar-refractivity contribution >= 4 is 6.03 Å². The molecule has 0 aromatic heterocycles. The molecule has 22 heavy (non-hydrogen) atoms. The lowest BCUT2D eigenvalue weighted by atomic mass is 9.85. The number of nitrogens with zero attached hydrogens (tertiary/aromatic N) is 2. The van der Waals surface area contributed by atoms with Crippen LogP contribution in [0.5, 0.6) is 0 Å². The third-order valence-corrected chi connectivity index (χ3v) is 5.41. The largest absolute Gasteiger partial charge is 0.338 e. The molecule has 2 aliphatic carbocycles. The van der Waals surface area contributed by atoms with Gasteiger partial charge < -0.3 is 20.4 Å². The highest BCUT2D eigenvalue weighted by Gasteiger charge is 2.35. The summed E-state index contributed by atoms with van der Waals surface area (Å²) in [5, 5.41) is 6.32. The van der Waals surface area contributed by atoms with Crippen molar-refractivity contribution < 1.29 is 4.79 Å². The molecule has 0 saturated heterocycles. The van der Waals surface area contributed by atoms with Crippen LogP contribution in [0.3, 0.4) is 0 Å². The predicted octanol–water partition coefficient (Wildman–Crippen LogP) is 1.89. The van der Waals surface area contributed by atoms with E-state index in [1.807, 2.05) is 0 Å². The summed E-state index contributed by atoms with van der Waals surface area (Å²) in [4.78, 5) is 16.7. The average molecular weight is 310 g/mol. The topological polar surface area (TPSA) is 47.6 Å². The normalized spacial score (nSPS) is 27.5. The van der Waals surface area contributed by atoms with Crippen LogP contribution in [0.1, 0.15) is 44.9 Å². The predicted molar refractivity (Wildman–Crippen MR) is 91.1 cm³/mol. The van der Waals surface area contributed by atoms with Gasteiger partial charge in [0.2, 0.25) is 0 Å². The summed E-state index contributed by atoms with van der Waals surface area (Å²) in [5.41, 5.74) is 0.280. The van der Waals surface area contributed by atoms with Gasteiger partial charge in [0.1, 0.15) is 0 Å². The average Bonchev–Trinajstić information content (AvgIpc) is 3.06. The highest BCUT2D eigenvalue weighted by Crippen LogP contribution is 2.37. The van der Waals surface area contributed by atoms with E-state index in [-0.39, 0.29) is 11.4 Å². The fraction of sp³-hybridized carbons (Fsp3) is 0.941. The van der Waals surface area contributed by atoms with Gasteiger partial charge in [-0.25, -0.2) is 4.79 Å². The van der Waals surface area contributed by atoms with Crippen molar-refractivity contribution in [2.45, 2.75) is 57.0 Å². The third kappa shape index (κ3) is 4.85. The summed E-state index contributed by atoms with van der Waals surface area (Å²) in [5.74, 6) is 0. The number of amides is 2. The smallest absolute Gasteiger partial charge is 0.315 e. The van der Waals surface area contributed by atoms with E-state index >= 15 is 0 Å². The lowest BCUT2D eigenvalue weighted by molar-refractivity contribution is 0.188. The molecule has 0 bridgehead atoms. The number of hydrogen-bond donors (Lipinski definition) is 2. The standard InChI is InChI=1S/C17H34N4O/c1-20(2)13-17(9-5-6-10-17)12-18-16(22)19-14-7-8-15(11-14)21(3)4/h14-15H,5-13H2,1-4H3,(H2,18,19,22)/t14-,15+/m0/s1. The summed E-state index contributed by atoms with van der Waals surface area (Å²) in [6.07, 6.45) is 8.41. The fourth-order valence-corrected chi connectivity index (χ4v) is 4.25. The van der Waals surface area contributed by atoms with Crippen LogP contribution in [-0.4, -0.2) is 69.2 Å². The first-order valence-corrected chi connectivity index (χ1v) is 8.76. The zero-order valence-electron chi connectivity index (χ0n) is 14.8. The summed E-state index contributed by atoms with van der Waals surface area (Å²) < 4.78 is 0. The van der Waals surface area contributed by atoms with Gasteiger partial charge in [-0.1, -0.05) is 12.8 Å². The van der Waals surface area contributed by atoms with E-state index in [4.69, 9.17) is 0 Å². The van der Waals surface area contributed by atoms with Crippen molar-refractivity contribution in [1.29, 1.82) is 0 Å². The molecule has 2 atom stereocenters. The zero-order chi connectivity index (χ0) is 16.2. The third-order valence-electron chi connectivity index (χ3n) is 5.41. The van der Waals surface area contributed by atoms with Crippen LogP contribution in [0.2, 0.25) is 0 Å². The molecule has 2 aliphatic rings. The molecule has 128 valence electrons. The molecular formula is C17H34N4O. The molecule has 2 N–H and O–H groups in total. The Morgan fingerprint density at radius 2 is 1.82 bits per heavy atom. The molecular weight excluding hydrogens is 276 g/mol. The Morgan fingerprint density at radius 1 is 1.14 bits per heavy atom. The molecule has 2 amide bonds. The second-order valence-electron chi connectivity index (χ2n) is 7.90. The summed E-state index contributed by atoms with van der Waals surface area (Å²) in [6, 6.07) is 0.968. The van der Waals surface area contributed by atoms with E-state index in [1.54, 1.807) is 0 Å².